The molecule has 0 spiro atoms. The van der Waals surface area contributed by atoms with E-state index in [1.54, 1.807) is 12.4 Å². The highest BCUT2D eigenvalue weighted by atomic mass is 79.9. The van der Waals surface area contributed by atoms with E-state index in [-0.39, 0.29) is 0 Å². The summed E-state index contributed by atoms with van der Waals surface area (Å²) in [6, 6.07) is 0. The van der Waals surface area contributed by atoms with E-state index in [9.17, 15) is 0 Å². The Hall–Kier alpha value is -1.30. The van der Waals surface area contributed by atoms with Gasteiger partial charge < -0.3 is 4.42 Å². The topological polar surface area (TPSA) is 64.7 Å². The normalized spacial score (nSPS) is 10.1. The Morgan fingerprint density at radius 3 is 2.58 bits per heavy atom. The summed E-state index contributed by atoms with van der Waals surface area (Å²) in [5.74, 6) is 0.748. The fourth-order valence-electron chi connectivity index (χ4n) is 0.693. The van der Waals surface area contributed by atoms with Gasteiger partial charge in [-0.25, -0.2) is 9.97 Å². The van der Waals surface area contributed by atoms with Gasteiger partial charge in [-0.05, 0) is 15.9 Å². The molecule has 0 radical (unpaired) electrons. The zero-order valence-corrected chi connectivity index (χ0v) is 7.39. The Kier molecular flexibility index (Phi) is 1.83. The van der Waals surface area contributed by atoms with Gasteiger partial charge in [-0.3, -0.25) is 0 Å². The quantitative estimate of drug-likeness (QED) is 0.734. The highest BCUT2D eigenvalue weighted by molar-refractivity contribution is 9.10. The molecule has 2 heterocycles. The molecule has 12 heavy (non-hydrogen) atoms. The van der Waals surface area contributed by atoms with Crippen LogP contribution >= 0.6 is 15.9 Å². The van der Waals surface area contributed by atoms with Crippen LogP contribution in [-0.4, -0.2) is 20.2 Å². The summed E-state index contributed by atoms with van der Waals surface area (Å²) in [5, 5.41) is 7.17. The number of rotatable bonds is 1. The third-order valence-corrected chi connectivity index (χ3v) is 1.58. The molecule has 5 nitrogen and oxygen atoms in total. The maximum absolute atomic E-state index is 4.90. The van der Waals surface area contributed by atoms with E-state index in [0.29, 0.717) is 11.7 Å². The molecule has 60 valence electrons. The largest absolute Gasteiger partial charge is 0.421 e. The Labute approximate surface area is 76.0 Å². The summed E-state index contributed by atoms with van der Waals surface area (Å²) in [7, 11) is 0. The molecular formula is C6H3BrN4O. The fourth-order valence-corrected chi connectivity index (χ4v) is 0.898. The Morgan fingerprint density at radius 1 is 1.25 bits per heavy atom. The molecule has 0 atom stereocenters. The van der Waals surface area contributed by atoms with Crippen LogP contribution < -0.4 is 0 Å². The number of halogens is 1. The van der Waals surface area contributed by atoms with Gasteiger partial charge in [0.05, 0.1) is 4.47 Å². The van der Waals surface area contributed by atoms with Crippen molar-refractivity contribution in [2.45, 2.75) is 0 Å². The third kappa shape index (κ3) is 1.33. The van der Waals surface area contributed by atoms with E-state index in [1.807, 2.05) is 0 Å². The lowest BCUT2D eigenvalue weighted by Gasteiger charge is -1.90. The number of aromatic nitrogens is 4. The van der Waals surface area contributed by atoms with Crippen molar-refractivity contribution in [1.82, 2.24) is 20.2 Å². The van der Waals surface area contributed by atoms with Crippen LogP contribution in [0, 0.1) is 0 Å². The SMILES string of the molecule is Brc1cnc(-c2nnco2)nc1. The molecule has 0 aliphatic rings. The van der Waals surface area contributed by atoms with Crippen molar-refractivity contribution in [3.63, 3.8) is 0 Å². The van der Waals surface area contributed by atoms with Gasteiger partial charge in [0.15, 0.2) is 0 Å². The van der Waals surface area contributed by atoms with Crippen molar-refractivity contribution in [3.8, 4) is 11.7 Å². The second-order valence-electron chi connectivity index (χ2n) is 1.97. The summed E-state index contributed by atoms with van der Waals surface area (Å²) >= 11 is 3.22. The minimum atomic E-state index is 0.322. The van der Waals surface area contributed by atoms with E-state index in [0.717, 1.165) is 4.47 Å². The van der Waals surface area contributed by atoms with Gasteiger partial charge in [-0.1, -0.05) is 0 Å². The first-order chi connectivity index (χ1) is 5.86. The molecule has 0 N–H and O–H groups in total. The Balaban J connectivity index is 2.43. The second kappa shape index (κ2) is 2.98. The molecule has 6 heteroatoms. The number of nitrogens with zero attached hydrogens (tertiary/aromatic N) is 4. The molecule has 0 amide bonds. The minimum Gasteiger partial charge on any atom is -0.421 e. The molecule has 0 unspecified atom stereocenters. The van der Waals surface area contributed by atoms with Gasteiger partial charge in [0.25, 0.3) is 5.89 Å². The lowest BCUT2D eigenvalue weighted by atomic mass is 10.5. The molecule has 0 bridgehead atoms. The zero-order valence-electron chi connectivity index (χ0n) is 5.81. The van der Waals surface area contributed by atoms with Crippen molar-refractivity contribution < 1.29 is 4.42 Å². The maximum Gasteiger partial charge on any atom is 0.285 e. The standard InChI is InChI=1S/C6H3BrN4O/c7-4-1-8-5(9-2-4)6-11-10-3-12-6/h1-3H. The molecule has 2 aromatic rings. The molecule has 2 rings (SSSR count). The van der Waals surface area contributed by atoms with Gasteiger partial charge in [0.1, 0.15) is 0 Å². The fraction of sp³-hybridized carbons (Fsp3) is 0. The van der Waals surface area contributed by atoms with Crippen molar-refractivity contribution in [2.75, 3.05) is 0 Å². The van der Waals surface area contributed by atoms with Crippen LogP contribution in [-0.2, 0) is 0 Å². The molecule has 0 fully saturated rings. The van der Waals surface area contributed by atoms with Gasteiger partial charge in [-0.15, -0.1) is 10.2 Å². The van der Waals surface area contributed by atoms with Gasteiger partial charge in [0.2, 0.25) is 12.2 Å². The monoisotopic (exact) mass is 226 g/mol. The lowest BCUT2D eigenvalue weighted by molar-refractivity contribution is 0.563. The summed E-state index contributed by atoms with van der Waals surface area (Å²) in [4.78, 5) is 7.93. The molecular weight excluding hydrogens is 224 g/mol. The summed E-state index contributed by atoms with van der Waals surface area (Å²) in [6.45, 7) is 0. The van der Waals surface area contributed by atoms with Crippen LogP contribution in [0.5, 0.6) is 0 Å². The summed E-state index contributed by atoms with van der Waals surface area (Å²) in [5.41, 5.74) is 0. The first-order valence-electron chi connectivity index (χ1n) is 3.10. The van der Waals surface area contributed by atoms with E-state index < -0.39 is 0 Å². The molecule has 2 aromatic heterocycles. The first kappa shape index (κ1) is 7.35. The van der Waals surface area contributed by atoms with Crippen molar-refractivity contribution >= 4 is 15.9 Å². The molecule has 0 saturated carbocycles. The van der Waals surface area contributed by atoms with Crippen LogP contribution in [0.3, 0.4) is 0 Å². The predicted molar refractivity (Wildman–Crippen MR) is 43.0 cm³/mol. The van der Waals surface area contributed by atoms with Crippen LogP contribution in [0.4, 0.5) is 0 Å². The van der Waals surface area contributed by atoms with Gasteiger partial charge in [-0.2, -0.15) is 0 Å². The van der Waals surface area contributed by atoms with E-state index in [4.69, 9.17) is 4.42 Å². The van der Waals surface area contributed by atoms with E-state index in [2.05, 4.69) is 36.1 Å². The van der Waals surface area contributed by atoms with Gasteiger partial charge in [0, 0.05) is 12.4 Å². The van der Waals surface area contributed by atoms with Crippen molar-refractivity contribution in [1.29, 1.82) is 0 Å². The highest BCUT2D eigenvalue weighted by Gasteiger charge is 2.04. The summed E-state index contributed by atoms with van der Waals surface area (Å²) < 4.78 is 5.71. The zero-order chi connectivity index (χ0) is 8.39. The molecule has 0 aromatic carbocycles. The minimum absolute atomic E-state index is 0.322. The summed E-state index contributed by atoms with van der Waals surface area (Å²) in [6.07, 6.45) is 4.47. The van der Waals surface area contributed by atoms with E-state index >= 15 is 0 Å². The number of hydrogen-bond acceptors (Lipinski definition) is 5. The van der Waals surface area contributed by atoms with Crippen LogP contribution in [0.2, 0.25) is 0 Å². The molecule has 0 aliphatic heterocycles. The Bertz CT molecular complexity index is 358. The third-order valence-electron chi connectivity index (χ3n) is 1.17. The second-order valence-corrected chi connectivity index (χ2v) is 2.88. The smallest absolute Gasteiger partial charge is 0.285 e. The van der Waals surface area contributed by atoms with Crippen molar-refractivity contribution in [3.05, 3.63) is 23.3 Å². The average molecular weight is 227 g/mol. The molecule has 0 aliphatic carbocycles. The van der Waals surface area contributed by atoms with Crippen LogP contribution in [0.1, 0.15) is 0 Å². The maximum atomic E-state index is 4.90. The highest BCUT2D eigenvalue weighted by Crippen LogP contribution is 2.11. The van der Waals surface area contributed by atoms with Crippen LogP contribution in [0.15, 0.2) is 27.7 Å². The molecule has 0 saturated heterocycles. The van der Waals surface area contributed by atoms with Crippen molar-refractivity contribution in [2.24, 2.45) is 0 Å². The number of hydrogen-bond donors (Lipinski definition) is 0. The van der Waals surface area contributed by atoms with Gasteiger partial charge >= 0.3 is 0 Å². The van der Waals surface area contributed by atoms with Crippen LogP contribution in [0.25, 0.3) is 11.7 Å². The van der Waals surface area contributed by atoms with E-state index in [1.165, 1.54) is 6.39 Å². The first-order valence-corrected chi connectivity index (χ1v) is 3.89. The Morgan fingerprint density at radius 2 is 2.00 bits per heavy atom. The lowest BCUT2D eigenvalue weighted by Crippen LogP contribution is -1.87. The predicted octanol–water partition coefficient (Wildman–Crippen LogP) is 1.29. The average Bonchev–Trinajstić information content (AvgIpc) is 2.58.